The van der Waals surface area contributed by atoms with Crippen LogP contribution in [0.15, 0.2) is 11.1 Å². The van der Waals surface area contributed by atoms with Crippen molar-refractivity contribution in [2.24, 2.45) is 17.3 Å². The summed E-state index contributed by atoms with van der Waals surface area (Å²) >= 11 is 0. The molecule has 28 heavy (non-hydrogen) atoms. The monoisotopic (exact) mass is 390 g/mol. The van der Waals surface area contributed by atoms with E-state index in [4.69, 9.17) is 23.7 Å². The highest BCUT2D eigenvalue weighted by molar-refractivity contribution is 5.93. The first-order valence-electron chi connectivity index (χ1n) is 10.4. The molecule has 10 atom stereocenters. The number of ether oxygens (including phenoxy) is 5. The van der Waals surface area contributed by atoms with E-state index in [1.54, 1.807) is 7.11 Å². The summed E-state index contributed by atoms with van der Waals surface area (Å²) in [6.45, 7) is 6.82. The second-order valence-corrected chi connectivity index (χ2v) is 10.3. The van der Waals surface area contributed by atoms with Crippen LogP contribution in [0.1, 0.15) is 33.6 Å². The van der Waals surface area contributed by atoms with Crippen LogP contribution in [0.25, 0.3) is 0 Å². The normalized spacial score (nSPS) is 62.1. The molecular formula is C21H26O7. The quantitative estimate of drug-likeness (QED) is 0.549. The maximum atomic E-state index is 12.2. The van der Waals surface area contributed by atoms with Gasteiger partial charge in [-0.3, -0.25) is 0 Å². The Hall–Kier alpha value is -0.990. The summed E-state index contributed by atoms with van der Waals surface area (Å²) < 4.78 is 30.8. The number of methoxy groups -OCH3 is 1. The van der Waals surface area contributed by atoms with Gasteiger partial charge in [0.15, 0.2) is 5.60 Å². The summed E-state index contributed by atoms with van der Waals surface area (Å²) in [5.41, 5.74) is -0.368. The van der Waals surface area contributed by atoms with Gasteiger partial charge in [0.2, 0.25) is 0 Å². The molecule has 7 heteroatoms. The van der Waals surface area contributed by atoms with Gasteiger partial charge in [0.05, 0.1) is 17.8 Å². The fourth-order valence-corrected chi connectivity index (χ4v) is 8.12. The molecule has 0 aromatic carbocycles. The predicted octanol–water partition coefficient (Wildman–Crippen LogP) is 0.728. The zero-order valence-corrected chi connectivity index (χ0v) is 16.6. The second kappa shape index (κ2) is 4.37. The highest BCUT2D eigenvalue weighted by atomic mass is 16.8. The van der Waals surface area contributed by atoms with Gasteiger partial charge >= 0.3 is 5.97 Å². The Kier molecular flexibility index (Phi) is 2.62. The third kappa shape index (κ3) is 1.33. The number of esters is 1. The summed E-state index contributed by atoms with van der Waals surface area (Å²) in [7, 11) is 1.74. The Labute approximate surface area is 163 Å². The molecule has 0 radical (unpaired) electrons. The molecule has 2 spiro atoms. The van der Waals surface area contributed by atoms with Gasteiger partial charge in [-0.25, -0.2) is 4.79 Å². The molecule has 3 saturated heterocycles. The molecule has 0 amide bonds. The molecule has 2 unspecified atom stereocenters. The number of hydrogen-bond acceptors (Lipinski definition) is 7. The third-order valence-electron chi connectivity index (χ3n) is 9.29. The van der Waals surface area contributed by atoms with Gasteiger partial charge in [-0.15, -0.1) is 0 Å². The lowest BCUT2D eigenvalue weighted by Crippen LogP contribution is -2.70. The van der Waals surface area contributed by atoms with Crippen LogP contribution in [0.2, 0.25) is 0 Å². The van der Waals surface area contributed by atoms with Crippen molar-refractivity contribution >= 4 is 5.97 Å². The number of cyclic esters (lactones) is 1. The molecule has 7 nitrogen and oxygen atoms in total. The summed E-state index contributed by atoms with van der Waals surface area (Å²) in [4.78, 5) is 12.2. The van der Waals surface area contributed by atoms with Crippen LogP contribution in [0, 0.1) is 17.3 Å². The number of epoxide rings is 3. The van der Waals surface area contributed by atoms with E-state index in [9.17, 15) is 9.90 Å². The maximum Gasteiger partial charge on any atom is 0.337 e. The first-order valence-corrected chi connectivity index (χ1v) is 10.4. The molecular weight excluding hydrogens is 364 g/mol. The Bertz CT molecular complexity index is 867. The van der Waals surface area contributed by atoms with Crippen molar-refractivity contribution in [2.45, 2.75) is 80.9 Å². The SMILES string of the molecule is CO[C@H]1C23O[C@H]2C[C@H]2C4=C(C(=O)OC4)C(O)C[C@]2(C)[C@@]32O[C@H]2[C@@H]2O[C@@]21C(C)C. The smallest absolute Gasteiger partial charge is 0.337 e. The van der Waals surface area contributed by atoms with Crippen molar-refractivity contribution < 1.29 is 33.6 Å². The summed E-state index contributed by atoms with van der Waals surface area (Å²) in [5, 5.41) is 10.9. The van der Waals surface area contributed by atoms with Gasteiger partial charge in [0.1, 0.15) is 36.1 Å². The van der Waals surface area contributed by atoms with Crippen LogP contribution < -0.4 is 0 Å². The molecule has 152 valence electrons. The summed E-state index contributed by atoms with van der Waals surface area (Å²) in [5.74, 6) is 0.0268. The van der Waals surface area contributed by atoms with Crippen molar-refractivity contribution in [3.63, 3.8) is 0 Å². The molecule has 4 aliphatic heterocycles. The first-order chi connectivity index (χ1) is 13.3. The Morgan fingerprint density at radius 2 is 2.00 bits per heavy atom. The lowest BCUT2D eigenvalue weighted by atomic mass is 9.46. The van der Waals surface area contributed by atoms with E-state index in [-0.39, 0.29) is 53.9 Å². The van der Waals surface area contributed by atoms with Crippen LogP contribution >= 0.6 is 0 Å². The number of fused-ring (bicyclic) bond motifs is 4. The molecule has 0 aromatic rings. The standard InChI is InChI=1S/C21H26O7/c1-8(2)19-14(27-19)15-21(28-15)18(3)6-11(22)13-9(7-25-16(13)23)10(18)5-12-20(21,26-12)17(19)24-4/h8,10-12,14-15,17,22H,5-7H2,1-4H3/t10-,11?,12-,14-,15-,17+,18-,19-,20?,21+/m0/s1. The summed E-state index contributed by atoms with van der Waals surface area (Å²) in [6.07, 6.45) is 0.216. The number of carbonyl (C=O) groups excluding carboxylic acids is 1. The van der Waals surface area contributed by atoms with Gasteiger partial charge in [-0.1, -0.05) is 20.8 Å². The van der Waals surface area contributed by atoms with Crippen LogP contribution in [-0.2, 0) is 28.5 Å². The molecule has 0 bridgehead atoms. The highest BCUT2D eigenvalue weighted by Gasteiger charge is 3.00. The van der Waals surface area contributed by atoms with E-state index >= 15 is 0 Å². The number of hydrogen-bond donors (Lipinski definition) is 1. The van der Waals surface area contributed by atoms with Crippen LogP contribution in [0.3, 0.4) is 0 Å². The minimum Gasteiger partial charge on any atom is -0.458 e. The zero-order valence-electron chi connectivity index (χ0n) is 16.6. The van der Waals surface area contributed by atoms with Crippen molar-refractivity contribution in [2.75, 3.05) is 13.7 Å². The minimum absolute atomic E-state index is 0.00233. The average Bonchev–Trinajstić information content (AvgIpc) is 3.52. The highest BCUT2D eigenvalue weighted by Crippen LogP contribution is 2.83. The zero-order chi connectivity index (χ0) is 19.4. The number of rotatable bonds is 2. The fourth-order valence-electron chi connectivity index (χ4n) is 8.12. The van der Waals surface area contributed by atoms with E-state index in [1.165, 1.54) is 0 Å². The largest absolute Gasteiger partial charge is 0.458 e. The number of aliphatic hydroxyl groups excluding tert-OH is 1. The van der Waals surface area contributed by atoms with E-state index in [1.807, 2.05) is 0 Å². The number of carbonyl (C=O) groups is 1. The Morgan fingerprint density at radius 1 is 1.21 bits per heavy atom. The fraction of sp³-hybridized carbons (Fsp3) is 0.857. The van der Waals surface area contributed by atoms with E-state index in [0.717, 1.165) is 12.0 Å². The van der Waals surface area contributed by atoms with Gasteiger partial charge < -0.3 is 28.8 Å². The van der Waals surface area contributed by atoms with Crippen molar-refractivity contribution in [1.29, 1.82) is 0 Å². The molecule has 2 saturated carbocycles. The molecule has 7 aliphatic rings. The lowest BCUT2D eigenvalue weighted by molar-refractivity contribution is -0.137. The average molecular weight is 390 g/mol. The lowest BCUT2D eigenvalue weighted by Gasteiger charge is -2.54. The van der Waals surface area contributed by atoms with Gasteiger partial charge in [-0.2, -0.15) is 0 Å². The molecule has 3 aliphatic carbocycles. The number of aliphatic hydroxyl groups is 1. The third-order valence-corrected chi connectivity index (χ3v) is 9.29. The molecule has 5 fully saturated rings. The van der Waals surface area contributed by atoms with E-state index in [0.29, 0.717) is 17.9 Å². The predicted molar refractivity (Wildman–Crippen MR) is 93.3 cm³/mol. The first kappa shape index (κ1) is 16.8. The van der Waals surface area contributed by atoms with E-state index in [2.05, 4.69) is 20.8 Å². The van der Waals surface area contributed by atoms with Crippen LogP contribution in [-0.4, -0.2) is 72.1 Å². The Morgan fingerprint density at radius 3 is 2.71 bits per heavy atom. The van der Waals surface area contributed by atoms with Gasteiger partial charge in [0, 0.05) is 12.5 Å². The van der Waals surface area contributed by atoms with Crippen molar-refractivity contribution in [3.05, 3.63) is 11.1 Å². The van der Waals surface area contributed by atoms with Crippen molar-refractivity contribution in [1.82, 2.24) is 0 Å². The van der Waals surface area contributed by atoms with Gasteiger partial charge in [0.25, 0.3) is 0 Å². The van der Waals surface area contributed by atoms with E-state index < -0.39 is 17.3 Å². The van der Waals surface area contributed by atoms with Crippen LogP contribution in [0.5, 0.6) is 0 Å². The van der Waals surface area contributed by atoms with Crippen LogP contribution in [0.4, 0.5) is 0 Å². The molecule has 4 heterocycles. The maximum absolute atomic E-state index is 12.2. The molecule has 1 N–H and O–H groups in total. The second-order valence-electron chi connectivity index (χ2n) is 10.3. The minimum atomic E-state index is -0.823. The topological polar surface area (TPSA) is 93.4 Å². The Balaban J connectivity index is 1.40. The molecule has 0 aromatic heterocycles. The molecule has 7 rings (SSSR count). The summed E-state index contributed by atoms with van der Waals surface area (Å²) in [6, 6.07) is 0. The van der Waals surface area contributed by atoms with Gasteiger partial charge in [-0.05, 0) is 30.3 Å². The van der Waals surface area contributed by atoms with Crippen molar-refractivity contribution in [3.8, 4) is 0 Å².